The zero-order valence-electron chi connectivity index (χ0n) is 23.9. The third-order valence-electron chi connectivity index (χ3n) is 7.00. The summed E-state index contributed by atoms with van der Waals surface area (Å²) in [6.45, 7) is 2.79. The van der Waals surface area contributed by atoms with Crippen LogP contribution in [0.5, 0.6) is 0 Å². The van der Waals surface area contributed by atoms with E-state index in [0.717, 1.165) is 63.4 Å². The van der Waals surface area contributed by atoms with E-state index >= 15 is 0 Å². The summed E-state index contributed by atoms with van der Waals surface area (Å²) in [7, 11) is 3.40. The molecule has 0 saturated carbocycles. The van der Waals surface area contributed by atoms with E-state index in [2.05, 4.69) is 15.6 Å². The van der Waals surface area contributed by atoms with Crippen LogP contribution in [0.4, 0.5) is 4.79 Å². The van der Waals surface area contributed by atoms with Crippen LogP contribution >= 0.6 is 0 Å². The topological polar surface area (TPSA) is 129 Å². The Morgan fingerprint density at radius 1 is 0.925 bits per heavy atom. The molecule has 1 unspecified atom stereocenters. The molecule has 0 fully saturated rings. The lowest BCUT2D eigenvalue weighted by Gasteiger charge is -2.14. The molecule has 0 aliphatic carbocycles. The first-order valence-electron chi connectivity index (χ1n) is 14.2. The first-order valence-corrected chi connectivity index (χ1v) is 14.2. The fraction of sp³-hybridized carbons (Fsp3) is 0.552. The maximum absolute atomic E-state index is 12.7. The standard InChI is InChI=1S/C29H42N6O5/c1-22(32-28(38)40-20-23-16-12-11-13-17-23)26(36)30-18-14-9-7-5-4-6-8-10-15-19-35-27(37)24-25(31-21-33(24)2)34(3)29(35)39/h11-13,16-17,21-22H,4-10,14-15,18-20H2,1-3H3,(H,30,36)(H,32,38). The second kappa shape index (κ2) is 15.6. The maximum atomic E-state index is 12.7. The van der Waals surface area contributed by atoms with Gasteiger partial charge in [-0.3, -0.25) is 18.7 Å². The van der Waals surface area contributed by atoms with Crippen LogP contribution in [0.25, 0.3) is 11.2 Å². The van der Waals surface area contributed by atoms with Crippen LogP contribution in [-0.2, 0) is 36.8 Å². The molecule has 2 amide bonds. The summed E-state index contributed by atoms with van der Waals surface area (Å²) in [6.07, 6.45) is 10.2. The molecule has 3 rings (SSSR count). The van der Waals surface area contributed by atoms with E-state index in [-0.39, 0.29) is 23.8 Å². The normalized spacial score (nSPS) is 11.9. The minimum Gasteiger partial charge on any atom is -0.445 e. The quantitative estimate of drug-likeness (QED) is 0.261. The van der Waals surface area contributed by atoms with Crippen molar-refractivity contribution in [3.05, 3.63) is 63.1 Å². The van der Waals surface area contributed by atoms with E-state index in [1.165, 1.54) is 9.13 Å². The Morgan fingerprint density at radius 2 is 1.55 bits per heavy atom. The summed E-state index contributed by atoms with van der Waals surface area (Å²) in [6, 6.07) is 8.71. The van der Waals surface area contributed by atoms with Gasteiger partial charge in [-0.2, -0.15) is 0 Å². The van der Waals surface area contributed by atoms with Crippen molar-refractivity contribution in [2.75, 3.05) is 6.54 Å². The summed E-state index contributed by atoms with van der Waals surface area (Å²) in [5, 5.41) is 5.42. The lowest BCUT2D eigenvalue weighted by Crippen LogP contribution is -2.45. The zero-order valence-corrected chi connectivity index (χ0v) is 23.9. The summed E-state index contributed by atoms with van der Waals surface area (Å²) in [5.41, 5.74) is 1.16. The zero-order chi connectivity index (χ0) is 28.9. The number of benzene rings is 1. The number of unbranched alkanes of at least 4 members (excludes halogenated alkanes) is 8. The number of fused-ring (bicyclic) bond motifs is 1. The highest BCUT2D eigenvalue weighted by Crippen LogP contribution is 2.10. The molecule has 2 aromatic heterocycles. The van der Waals surface area contributed by atoms with Crippen molar-refractivity contribution in [2.24, 2.45) is 14.1 Å². The van der Waals surface area contributed by atoms with E-state index in [9.17, 15) is 19.2 Å². The molecule has 0 aliphatic rings. The van der Waals surface area contributed by atoms with E-state index in [1.54, 1.807) is 31.9 Å². The second-order valence-corrected chi connectivity index (χ2v) is 10.2. The van der Waals surface area contributed by atoms with Crippen LogP contribution in [0.3, 0.4) is 0 Å². The largest absolute Gasteiger partial charge is 0.445 e. The van der Waals surface area contributed by atoms with Crippen LogP contribution in [0, 0.1) is 0 Å². The van der Waals surface area contributed by atoms with Gasteiger partial charge in [0.2, 0.25) is 5.91 Å². The van der Waals surface area contributed by atoms with Gasteiger partial charge < -0.3 is 19.9 Å². The number of carbonyl (C=O) groups excluding carboxylic acids is 2. The van der Waals surface area contributed by atoms with Gasteiger partial charge in [0.15, 0.2) is 11.2 Å². The maximum Gasteiger partial charge on any atom is 0.408 e. The molecular weight excluding hydrogens is 512 g/mol. The number of hydrogen-bond acceptors (Lipinski definition) is 6. The molecule has 40 heavy (non-hydrogen) atoms. The Morgan fingerprint density at radius 3 is 2.23 bits per heavy atom. The molecule has 1 atom stereocenters. The monoisotopic (exact) mass is 554 g/mol. The number of nitrogens with zero attached hydrogens (tertiary/aromatic N) is 4. The Labute approximate surface area is 234 Å². The number of aryl methyl sites for hydroxylation is 2. The van der Waals surface area contributed by atoms with Crippen LogP contribution in [0.15, 0.2) is 46.2 Å². The molecule has 0 radical (unpaired) electrons. The van der Waals surface area contributed by atoms with Crippen LogP contribution in [0.2, 0.25) is 0 Å². The van der Waals surface area contributed by atoms with Crippen molar-refractivity contribution < 1.29 is 14.3 Å². The summed E-state index contributed by atoms with van der Waals surface area (Å²) in [4.78, 5) is 53.5. The number of ether oxygens (including phenoxy) is 1. The van der Waals surface area contributed by atoms with Crippen molar-refractivity contribution in [1.82, 2.24) is 29.3 Å². The van der Waals surface area contributed by atoms with Gasteiger partial charge in [0.05, 0.1) is 6.33 Å². The molecule has 11 heteroatoms. The van der Waals surface area contributed by atoms with Gasteiger partial charge >= 0.3 is 11.8 Å². The van der Waals surface area contributed by atoms with Gasteiger partial charge in [-0.1, -0.05) is 75.3 Å². The Hall–Kier alpha value is -3.89. The molecule has 0 bridgehead atoms. The van der Waals surface area contributed by atoms with Gasteiger partial charge in [0.1, 0.15) is 12.6 Å². The van der Waals surface area contributed by atoms with E-state index in [4.69, 9.17) is 4.74 Å². The Bertz CT molecular complexity index is 1360. The fourth-order valence-electron chi connectivity index (χ4n) is 4.60. The van der Waals surface area contributed by atoms with Crippen LogP contribution in [0.1, 0.15) is 70.3 Å². The fourth-order valence-corrected chi connectivity index (χ4v) is 4.60. The van der Waals surface area contributed by atoms with Gasteiger partial charge in [0.25, 0.3) is 5.56 Å². The highest BCUT2D eigenvalue weighted by atomic mass is 16.5. The van der Waals surface area contributed by atoms with Gasteiger partial charge in [-0.25, -0.2) is 14.6 Å². The number of carbonyl (C=O) groups is 2. The Kier molecular flexibility index (Phi) is 12.0. The predicted octanol–water partition coefficient (Wildman–Crippen LogP) is 3.38. The first kappa shape index (κ1) is 30.6. The Balaban J connectivity index is 1.18. The van der Waals surface area contributed by atoms with Crippen molar-refractivity contribution in [1.29, 1.82) is 0 Å². The molecule has 218 valence electrons. The van der Waals surface area contributed by atoms with Crippen LogP contribution in [-0.4, -0.2) is 43.3 Å². The lowest BCUT2D eigenvalue weighted by atomic mass is 10.1. The van der Waals surface area contributed by atoms with Gasteiger partial charge in [0, 0.05) is 27.2 Å². The molecule has 1 aromatic carbocycles. The number of imidazole rings is 1. The molecular formula is C29H42N6O5. The number of amides is 2. The minimum atomic E-state index is -0.664. The van der Waals surface area contributed by atoms with Crippen molar-refractivity contribution in [2.45, 2.75) is 83.9 Å². The van der Waals surface area contributed by atoms with E-state index in [0.29, 0.717) is 24.3 Å². The lowest BCUT2D eigenvalue weighted by molar-refractivity contribution is -0.122. The number of alkyl carbamates (subject to hydrolysis) is 1. The SMILES string of the molecule is CC(NC(=O)OCc1ccccc1)C(=O)NCCCCCCCCCCCn1c(=O)c2c(ncn2C)n(C)c1=O. The third kappa shape index (κ3) is 8.82. The predicted molar refractivity (Wildman–Crippen MR) is 154 cm³/mol. The summed E-state index contributed by atoms with van der Waals surface area (Å²) < 4.78 is 9.56. The molecule has 0 spiro atoms. The minimum absolute atomic E-state index is 0.160. The molecule has 11 nitrogen and oxygen atoms in total. The number of rotatable bonds is 16. The average Bonchev–Trinajstić information content (AvgIpc) is 3.34. The highest BCUT2D eigenvalue weighted by molar-refractivity contribution is 5.85. The van der Waals surface area contributed by atoms with E-state index < -0.39 is 12.1 Å². The van der Waals surface area contributed by atoms with E-state index in [1.807, 2.05) is 30.3 Å². The summed E-state index contributed by atoms with van der Waals surface area (Å²) >= 11 is 0. The second-order valence-electron chi connectivity index (χ2n) is 10.2. The molecule has 2 N–H and O–H groups in total. The first-order chi connectivity index (χ1) is 19.3. The molecule has 3 aromatic rings. The third-order valence-corrected chi connectivity index (χ3v) is 7.00. The smallest absolute Gasteiger partial charge is 0.408 e. The molecule has 0 saturated heterocycles. The number of nitrogens with one attached hydrogen (secondary N) is 2. The highest BCUT2D eigenvalue weighted by Gasteiger charge is 2.16. The average molecular weight is 555 g/mol. The van der Waals surface area contributed by atoms with Crippen molar-refractivity contribution >= 4 is 23.2 Å². The van der Waals surface area contributed by atoms with Gasteiger partial charge in [-0.15, -0.1) is 0 Å². The number of hydrogen-bond donors (Lipinski definition) is 2. The van der Waals surface area contributed by atoms with Gasteiger partial charge in [-0.05, 0) is 25.3 Å². The molecule has 2 heterocycles. The van der Waals surface area contributed by atoms with Crippen molar-refractivity contribution in [3.8, 4) is 0 Å². The molecule has 0 aliphatic heterocycles. The van der Waals surface area contributed by atoms with Crippen molar-refractivity contribution in [3.63, 3.8) is 0 Å². The summed E-state index contributed by atoms with van der Waals surface area (Å²) in [5.74, 6) is -0.225. The van der Waals surface area contributed by atoms with Crippen LogP contribution < -0.4 is 21.9 Å². The number of aromatic nitrogens is 4.